The maximum atomic E-state index is 13.1. The molecule has 1 aliphatic rings. The summed E-state index contributed by atoms with van der Waals surface area (Å²) < 4.78 is 9.37. The Labute approximate surface area is 204 Å². The third kappa shape index (κ3) is 4.51. The molecule has 0 N–H and O–H groups in total. The van der Waals surface area contributed by atoms with E-state index in [0.29, 0.717) is 34.9 Å². The van der Waals surface area contributed by atoms with Gasteiger partial charge >= 0.3 is 0 Å². The Morgan fingerprint density at radius 1 is 1.23 bits per heavy atom. The van der Waals surface area contributed by atoms with Crippen LogP contribution in [0.15, 0.2) is 48.8 Å². The molecular formula is C23H23I2N3O2. The summed E-state index contributed by atoms with van der Waals surface area (Å²) >= 11 is 4.69. The van der Waals surface area contributed by atoms with Crippen LogP contribution in [0.3, 0.4) is 0 Å². The summed E-state index contributed by atoms with van der Waals surface area (Å²) in [6.07, 6.45) is 3.96. The highest BCUT2D eigenvalue weighted by atomic mass is 127. The van der Waals surface area contributed by atoms with Gasteiger partial charge in [-0.25, -0.2) is 0 Å². The molecule has 2 heterocycles. The molecule has 5 nitrogen and oxygen atoms in total. The number of rotatable bonds is 7. The molecule has 0 fully saturated rings. The average Bonchev–Trinajstić information content (AvgIpc) is 3.33. The van der Waals surface area contributed by atoms with E-state index in [2.05, 4.69) is 88.5 Å². The first kappa shape index (κ1) is 21.6. The van der Waals surface area contributed by atoms with Gasteiger partial charge in [0.25, 0.3) is 5.91 Å². The van der Waals surface area contributed by atoms with Crippen LogP contribution in [-0.4, -0.2) is 31.1 Å². The first-order valence-corrected chi connectivity index (χ1v) is 12.3. The lowest BCUT2D eigenvalue weighted by Gasteiger charge is -2.17. The number of benzene rings is 2. The van der Waals surface area contributed by atoms with E-state index in [1.54, 1.807) is 0 Å². The first-order chi connectivity index (χ1) is 14.5. The highest BCUT2D eigenvalue weighted by Crippen LogP contribution is 2.33. The molecule has 0 bridgehead atoms. The van der Waals surface area contributed by atoms with E-state index in [4.69, 9.17) is 4.74 Å². The monoisotopic (exact) mass is 627 g/mol. The van der Waals surface area contributed by atoms with Crippen molar-refractivity contribution >= 4 is 51.1 Å². The number of aromatic nitrogens is 2. The maximum Gasteiger partial charge on any atom is 0.258 e. The zero-order valence-electron chi connectivity index (χ0n) is 16.9. The number of nitrogens with zero attached hydrogens (tertiary/aromatic N) is 3. The van der Waals surface area contributed by atoms with E-state index in [9.17, 15) is 4.79 Å². The molecule has 1 unspecified atom stereocenters. The lowest BCUT2D eigenvalue weighted by Crippen LogP contribution is -2.24. The summed E-state index contributed by atoms with van der Waals surface area (Å²) in [4.78, 5) is 15.0. The largest absolute Gasteiger partial charge is 0.492 e. The predicted molar refractivity (Wildman–Crippen MR) is 135 cm³/mol. The fraction of sp³-hybridized carbons (Fsp3) is 0.304. The van der Waals surface area contributed by atoms with Gasteiger partial charge in [0, 0.05) is 38.9 Å². The van der Waals surface area contributed by atoms with Crippen LogP contribution in [-0.2, 0) is 19.6 Å². The van der Waals surface area contributed by atoms with Crippen LogP contribution < -0.4 is 4.74 Å². The predicted octanol–water partition coefficient (Wildman–Crippen LogP) is 5.53. The van der Waals surface area contributed by atoms with E-state index < -0.39 is 0 Å². The van der Waals surface area contributed by atoms with Crippen LogP contribution in [0.2, 0.25) is 0 Å². The van der Waals surface area contributed by atoms with Gasteiger partial charge in [0.2, 0.25) is 0 Å². The Balaban J connectivity index is 1.52. The van der Waals surface area contributed by atoms with Gasteiger partial charge in [0.1, 0.15) is 5.75 Å². The molecule has 3 aromatic rings. The van der Waals surface area contributed by atoms with Crippen molar-refractivity contribution in [3.63, 3.8) is 0 Å². The van der Waals surface area contributed by atoms with Crippen molar-refractivity contribution in [2.24, 2.45) is 0 Å². The molecule has 1 amide bonds. The summed E-state index contributed by atoms with van der Waals surface area (Å²) in [5, 5.41) is 4.36. The van der Waals surface area contributed by atoms with Crippen LogP contribution in [0.1, 0.15) is 35.3 Å². The van der Waals surface area contributed by atoms with Crippen molar-refractivity contribution in [2.75, 3.05) is 6.61 Å². The Bertz CT molecular complexity index is 1080. The quantitative estimate of drug-likeness (QED) is 0.256. The number of fused-ring (bicyclic) bond motifs is 1. The smallest absolute Gasteiger partial charge is 0.258 e. The fourth-order valence-corrected chi connectivity index (χ4v) is 4.45. The number of hydrogen-bond acceptors (Lipinski definition) is 3. The van der Waals surface area contributed by atoms with Gasteiger partial charge in [0.05, 0.1) is 18.4 Å². The molecule has 0 spiro atoms. The minimum Gasteiger partial charge on any atom is -0.492 e. The number of ether oxygens (including phenoxy) is 1. The van der Waals surface area contributed by atoms with E-state index in [-0.39, 0.29) is 5.91 Å². The first-order valence-electron chi connectivity index (χ1n) is 9.95. The molecule has 4 rings (SSSR count). The molecule has 2 aromatic carbocycles. The highest BCUT2D eigenvalue weighted by Gasteiger charge is 2.31. The second-order valence-corrected chi connectivity index (χ2v) is 10.7. The van der Waals surface area contributed by atoms with Gasteiger partial charge < -0.3 is 9.64 Å². The molecule has 1 atom stereocenters. The van der Waals surface area contributed by atoms with E-state index in [0.717, 1.165) is 32.4 Å². The van der Waals surface area contributed by atoms with Crippen molar-refractivity contribution in [2.45, 2.75) is 37.4 Å². The molecule has 1 aromatic heterocycles. The number of carbonyl (C=O) groups is 1. The number of halogens is 2. The zero-order valence-corrected chi connectivity index (χ0v) is 21.3. The number of aryl methyl sites for hydroxylation is 1. The van der Waals surface area contributed by atoms with Gasteiger partial charge in [-0.2, -0.15) is 5.10 Å². The van der Waals surface area contributed by atoms with Crippen molar-refractivity contribution in [1.29, 1.82) is 0 Å². The van der Waals surface area contributed by atoms with Gasteiger partial charge in [-0.3, -0.25) is 9.48 Å². The SMILES string of the molecule is CCn1cc(-c2ccc(CN3Cc4cccc(OCC(C)I)c4C3=O)c(I)c2)cn1. The van der Waals surface area contributed by atoms with E-state index >= 15 is 0 Å². The zero-order chi connectivity index (χ0) is 21.3. The van der Waals surface area contributed by atoms with Crippen molar-refractivity contribution in [3.05, 3.63) is 69.1 Å². The minimum atomic E-state index is 0.0470. The van der Waals surface area contributed by atoms with Crippen molar-refractivity contribution < 1.29 is 9.53 Å². The standard InChI is InChI=1S/C23H23I2N3O2/c1-3-28-13-19(10-26-28)16-7-8-17(20(25)9-16)11-27-12-18-5-4-6-21(22(18)23(27)29)30-14-15(2)24/h4-10,13,15H,3,11-12,14H2,1-2H3. The molecule has 0 saturated heterocycles. The van der Waals surface area contributed by atoms with Crippen molar-refractivity contribution in [1.82, 2.24) is 14.7 Å². The number of carbonyl (C=O) groups excluding carboxylic acids is 1. The van der Waals surface area contributed by atoms with Gasteiger partial charge in [0.15, 0.2) is 0 Å². The van der Waals surface area contributed by atoms with Crippen LogP contribution in [0, 0.1) is 3.57 Å². The second-order valence-electron chi connectivity index (χ2n) is 7.43. The lowest BCUT2D eigenvalue weighted by molar-refractivity contribution is 0.0763. The maximum absolute atomic E-state index is 13.1. The second kappa shape index (κ2) is 9.25. The van der Waals surface area contributed by atoms with E-state index in [1.165, 1.54) is 0 Å². The summed E-state index contributed by atoms with van der Waals surface area (Å²) in [6.45, 7) is 6.83. The van der Waals surface area contributed by atoms with Gasteiger partial charge in [-0.05, 0) is 58.3 Å². The normalized spacial score (nSPS) is 14.1. The Hall–Kier alpha value is -1.62. The van der Waals surface area contributed by atoms with E-state index in [1.807, 2.05) is 34.0 Å². The van der Waals surface area contributed by atoms with Crippen molar-refractivity contribution in [3.8, 4) is 16.9 Å². The Morgan fingerprint density at radius 3 is 2.77 bits per heavy atom. The lowest BCUT2D eigenvalue weighted by atomic mass is 10.1. The topological polar surface area (TPSA) is 47.4 Å². The summed E-state index contributed by atoms with van der Waals surface area (Å²) in [7, 11) is 0. The summed E-state index contributed by atoms with van der Waals surface area (Å²) in [6, 6.07) is 12.3. The fourth-order valence-electron chi connectivity index (χ4n) is 3.59. The number of alkyl halides is 1. The van der Waals surface area contributed by atoms with Gasteiger partial charge in [-0.1, -0.05) is 53.8 Å². The molecule has 0 radical (unpaired) electrons. The molecule has 156 valence electrons. The molecule has 7 heteroatoms. The van der Waals surface area contributed by atoms with Gasteiger partial charge in [-0.15, -0.1) is 0 Å². The molecule has 1 aliphatic heterocycles. The van der Waals surface area contributed by atoms with Crippen LogP contribution in [0.4, 0.5) is 0 Å². The molecule has 0 saturated carbocycles. The molecule has 30 heavy (non-hydrogen) atoms. The molecular weight excluding hydrogens is 604 g/mol. The summed E-state index contributed by atoms with van der Waals surface area (Å²) in [5.41, 5.74) is 5.15. The Morgan fingerprint density at radius 2 is 2.07 bits per heavy atom. The third-order valence-corrected chi connectivity index (χ3v) is 6.51. The number of hydrogen-bond donors (Lipinski definition) is 0. The number of amides is 1. The third-order valence-electron chi connectivity index (χ3n) is 5.15. The minimum absolute atomic E-state index is 0.0470. The highest BCUT2D eigenvalue weighted by molar-refractivity contribution is 14.1. The van der Waals surface area contributed by atoms with Crippen LogP contribution in [0.25, 0.3) is 11.1 Å². The van der Waals surface area contributed by atoms with Crippen LogP contribution in [0.5, 0.6) is 5.75 Å². The summed E-state index contributed by atoms with van der Waals surface area (Å²) in [5.74, 6) is 0.743. The average molecular weight is 627 g/mol. The molecule has 0 aliphatic carbocycles. The van der Waals surface area contributed by atoms with Crippen LogP contribution >= 0.6 is 45.2 Å². The Kier molecular flexibility index (Phi) is 6.66.